The smallest absolute Gasteiger partial charge is 0.351 e. The fourth-order valence-corrected chi connectivity index (χ4v) is 3.63. The molecule has 2 rings (SSSR count). The normalized spacial score (nSPS) is 12.8. The number of nitrogens with one attached hydrogen (secondary N) is 3. The molecule has 0 aromatic heterocycles. The van der Waals surface area contributed by atoms with Crippen molar-refractivity contribution in [1.29, 1.82) is 0 Å². The summed E-state index contributed by atoms with van der Waals surface area (Å²) in [5, 5.41) is 4.97. The molecule has 11 heteroatoms. The van der Waals surface area contributed by atoms with E-state index in [0.717, 1.165) is 12.1 Å². The van der Waals surface area contributed by atoms with Crippen molar-refractivity contribution in [2.75, 3.05) is 5.32 Å². The molecule has 7 nitrogen and oxygen atoms in total. The second kappa shape index (κ2) is 9.26. The van der Waals surface area contributed by atoms with E-state index in [0.29, 0.717) is 11.3 Å². The van der Waals surface area contributed by atoms with Crippen LogP contribution in [-0.2, 0) is 32.3 Å². The molecule has 2 aromatic carbocycles. The number of rotatable bonds is 7. The van der Waals surface area contributed by atoms with Crippen molar-refractivity contribution in [2.24, 2.45) is 0 Å². The number of anilines is 1. The van der Waals surface area contributed by atoms with Crippen LogP contribution in [0.25, 0.3) is 0 Å². The summed E-state index contributed by atoms with van der Waals surface area (Å²) >= 11 is 0. The summed E-state index contributed by atoms with van der Waals surface area (Å²) in [5.41, 5.74) is 0.0481. The summed E-state index contributed by atoms with van der Waals surface area (Å²) in [6.45, 7) is 2.59. The Morgan fingerprint density at radius 3 is 2.07 bits per heavy atom. The van der Waals surface area contributed by atoms with Crippen molar-refractivity contribution in [2.45, 2.75) is 37.5 Å². The van der Waals surface area contributed by atoms with Gasteiger partial charge in [0.2, 0.25) is 21.8 Å². The lowest BCUT2D eigenvalue weighted by Crippen LogP contribution is -2.44. The first-order chi connectivity index (χ1) is 13.9. The van der Waals surface area contributed by atoms with E-state index in [1.807, 2.05) is 0 Å². The summed E-state index contributed by atoms with van der Waals surface area (Å²) < 4.78 is 64.7. The van der Waals surface area contributed by atoms with E-state index in [-0.39, 0.29) is 17.3 Å². The lowest BCUT2D eigenvalue weighted by atomic mass is 10.1. The van der Waals surface area contributed by atoms with Crippen LogP contribution in [0.4, 0.5) is 18.9 Å². The maximum atomic E-state index is 12.6. The van der Waals surface area contributed by atoms with Crippen molar-refractivity contribution < 1.29 is 31.2 Å². The first-order valence-electron chi connectivity index (χ1n) is 8.72. The Morgan fingerprint density at radius 1 is 1.00 bits per heavy atom. The molecule has 0 fully saturated rings. The fourth-order valence-electron chi connectivity index (χ4n) is 2.43. The van der Waals surface area contributed by atoms with E-state index >= 15 is 0 Å². The highest BCUT2D eigenvalue weighted by molar-refractivity contribution is 7.89. The summed E-state index contributed by atoms with van der Waals surface area (Å²) in [5.74, 6) is -0.949. The van der Waals surface area contributed by atoms with Gasteiger partial charge in [0.25, 0.3) is 0 Å². The minimum atomic E-state index is -4.45. The first-order valence-corrected chi connectivity index (χ1v) is 10.2. The molecular formula is C19H20F3N3O4S. The van der Waals surface area contributed by atoms with Crippen LogP contribution in [0.2, 0.25) is 0 Å². The summed E-state index contributed by atoms with van der Waals surface area (Å²) in [6, 6.07) is 8.51. The van der Waals surface area contributed by atoms with Gasteiger partial charge in [0.05, 0.1) is 16.5 Å². The Morgan fingerprint density at radius 2 is 1.57 bits per heavy atom. The highest BCUT2D eigenvalue weighted by Crippen LogP contribution is 2.29. The molecule has 0 unspecified atom stereocenters. The van der Waals surface area contributed by atoms with Crippen molar-refractivity contribution in [3.63, 3.8) is 0 Å². The van der Waals surface area contributed by atoms with Crippen LogP contribution in [0.3, 0.4) is 0 Å². The Kier molecular flexibility index (Phi) is 7.21. The van der Waals surface area contributed by atoms with E-state index in [9.17, 15) is 31.2 Å². The molecular weight excluding hydrogens is 423 g/mol. The van der Waals surface area contributed by atoms with Gasteiger partial charge in [-0.25, -0.2) is 8.42 Å². The highest BCUT2D eigenvalue weighted by atomic mass is 32.2. The minimum Gasteiger partial charge on any atom is -0.351 e. The molecule has 0 aliphatic heterocycles. The number of hydrogen-bond donors (Lipinski definition) is 3. The molecule has 0 saturated carbocycles. The van der Waals surface area contributed by atoms with E-state index in [1.54, 1.807) is 0 Å². The summed E-state index contributed by atoms with van der Waals surface area (Å²) in [7, 11) is -4.00. The van der Waals surface area contributed by atoms with Gasteiger partial charge in [-0.3, -0.25) is 9.59 Å². The zero-order valence-electron chi connectivity index (χ0n) is 16.1. The molecule has 1 atom stereocenters. The molecule has 0 bridgehead atoms. The zero-order chi connectivity index (χ0) is 22.5. The number of sulfonamides is 1. The monoisotopic (exact) mass is 443 g/mol. The molecule has 2 aromatic rings. The predicted octanol–water partition coefficient (Wildman–Crippen LogP) is 2.65. The lowest BCUT2D eigenvalue weighted by molar-refractivity contribution is -0.137. The average molecular weight is 443 g/mol. The molecule has 162 valence electrons. The van der Waals surface area contributed by atoms with Crippen LogP contribution in [0, 0.1) is 0 Å². The van der Waals surface area contributed by atoms with Gasteiger partial charge in [0, 0.05) is 19.2 Å². The second-order valence-electron chi connectivity index (χ2n) is 6.46. The Labute approximate surface area is 171 Å². The van der Waals surface area contributed by atoms with E-state index in [1.165, 1.54) is 50.2 Å². The van der Waals surface area contributed by atoms with Crippen molar-refractivity contribution >= 4 is 27.5 Å². The SMILES string of the molecule is CC(=O)Nc1ccc(S(=O)(=O)N[C@@H](C)C(=O)NCc2ccc(C(F)(F)F)cc2)cc1. The fraction of sp³-hybridized carbons (Fsp3) is 0.263. The standard InChI is InChI=1S/C19H20F3N3O4S/c1-12(18(27)23-11-14-3-5-15(6-4-14)19(20,21)22)25-30(28,29)17-9-7-16(8-10-17)24-13(2)26/h3-10,12,25H,11H2,1-2H3,(H,23,27)(H,24,26)/t12-/m0/s1. The molecule has 0 heterocycles. The van der Waals surface area contributed by atoms with Gasteiger partial charge in [-0.05, 0) is 48.9 Å². The second-order valence-corrected chi connectivity index (χ2v) is 8.18. The maximum absolute atomic E-state index is 12.6. The molecule has 30 heavy (non-hydrogen) atoms. The molecule has 0 aliphatic rings. The van der Waals surface area contributed by atoms with Crippen LogP contribution in [0.15, 0.2) is 53.4 Å². The molecule has 0 aliphatic carbocycles. The quantitative estimate of drug-likeness (QED) is 0.612. The van der Waals surface area contributed by atoms with Crippen LogP contribution in [0.1, 0.15) is 25.0 Å². The summed E-state index contributed by atoms with van der Waals surface area (Å²) in [4.78, 5) is 23.1. The Hall–Kier alpha value is -2.92. The van der Waals surface area contributed by atoms with Gasteiger partial charge in [-0.1, -0.05) is 12.1 Å². The Bertz CT molecular complexity index is 1000. The van der Waals surface area contributed by atoms with Gasteiger partial charge in [-0.2, -0.15) is 17.9 Å². The largest absolute Gasteiger partial charge is 0.416 e. The molecule has 2 amide bonds. The molecule has 0 saturated heterocycles. The number of carbonyl (C=O) groups excluding carboxylic acids is 2. The summed E-state index contributed by atoms with van der Waals surface area (Å²) in [6.07, 6.45) is -4.45. The van der Waals surface area contributed by atoms with Gasteiger partial charge < -0.3 is 10.6 Å². The average Bonchev–Trinajstić information content (AvgIpc) is 2.65. The lowest BCUT2D eigenvalue weighted by Gasteiger charge is -2.15. The van der Waals surface area contributed by atoms with Crippen LogP contribution < -0.4 is 15.4 Å². The van der Waals surface area contributed by atoms with Crippen LogP contribution in [0.5, 0.6) is 0 Å². The van der Waals surface area contributed by atoms with Gasteiger partial charge in [0.1, 0.15) is 0 Å². The van der Waals surface area contributed by atoms with Crippen molar-refractivity contribution in [3.8, 4) is 0 Å². The number of benzene rings is 2. The number of halogens is 3. The number of alkyl halides is 3. The van der Waals surface area contributed by atoms with Crippen LogP contribution in [-0.4, -0.2) is 26.3 Å². The van der Waals surface area contributed by atoms with Gasteiger partial charge in [0.15, 0.2) is 0 Å². The highest BCUT2D eigenvalue weighted by Gasteiger charge is 2.30. The third-order valence-corrected chi connectivity index (χ3v) is 5.51. The van der Waals surface area contributed by atoms with Gasteiger partial charge >= 0.3 is 6.18 Å². The predicted molar refractivity (Wildman–Crippen MR) is 104 cm³/mol. The van der Waals surface area contributed by atoms with E-state index < -0.39 is 33.7 Å². The van der Waals surface area contributed by atoms with Crippen molar-refractivity contribution in [1.82, 2.24) is 10.0 Å². The topological polar surface area (TPSA) is 104 Å². The third-order valence-electron chi connectivity index (χ3n) is 3.96. The maximum Gasteiger partial charge on any atom is 0.416 e. The van der Waals surface area contributed by atoms with E-state index in [2.05, 4.69) is 15.4 Å². The molecule has 0 radical (unpaired) electrons. The first kappa shape index (κ1) is 23.4. The van der Waals surface area contributed by atoms with E-state index in [4.69, 9.17) is 0 Å². The van der Waals surface area contributed by atoms with Crippen LogP contribution >= 0.6 is 0 Å². The number of amides is 2. The Balaban J connectivity index is 1.95. The minimum absolute atomic E-state index is 0.0611. The number of hydrogen-bond acceptors (Lipinski definition) is 4. The van der Waals surface area contributed by atoms with Crippen molar-refractivity contribution in [3.05, 3.63) is 59.7 Å². The molecule has 3 N–H and O–H groups in total. The third kappa shape index (κ3) is 6.56. The zero-order valence-corrected chi connectivity index (χ0v) is 16.9. The molecule has 0 spiro atoms. The van der Waals surface area contributed by atoms with Gasteiger partial charge in [-0.15, -0.1) is 0 Å². The number of carbonyl (C=O) groups is 2.